The Labute approximate surface area is 132 Å². The molecule has 0 aliphatic carbocycles. The molecule has 5 heteroatoms. The topological polar surface area (TPSA) is 24.9 Å². The van der Waals surface area contributed by atoms with Crippen LogP contribution in [0.15, 0.2) is 18.2 Å². The molecule has 0 radical (unpaired) electrons. The summed E-state index contributed by atoms with van der Waals surface area (Å²) in [5.41, 5.74) is 1.26. The SMILES string of the molecule is COc1ccc(CN2CCCN(CCCl)CC2)cc1OC. The van der Waals surface area contributed by atoms with E-state index in [9.17, 15) is 0 Å². The number of methoxy groups -OCH3 is 2. The molecule has 1 saturated heterocycles. The van der Waals surface area contributed by atoms with Crippen LogP contribution in [0.25, 0.3) is 0 Å². The molecule has 0 bridgehead atoms. The van der Waals surface area contributed by atoms with Gasteiger partial charge in [-0.15, -0.1) is 11.6 Å². The van der Waals surface area contributed by atoms with Crippen molar-refractivity contribution in [1.82, 2.24) is 9.80 Å². The minimum Gasteiger partial charge on any atom is -0.493 e. The fraction of sp³-hybridized carbons (Fsp3) is 0.625. The average molecular weight is 313 g/mol. The zero-order valence-corrected chi connectivity index (χ0v) is 13.7. The van der Waals surface area contributed by atoms with E-state index >= 15 is 0 Å². The first-order valence-electron chi connectivity index (χ1n) is 7.48. The zero-order valence-electron chi connectivity index (χ0n) is 13.0. The van der Waals surface area contributed by atoms with Crippen LogP contribution in [0.2, 0.25) is 0 Å². The Morgan fingerprint density at radius 3 is 2.43 bits per heavy atom. The number of hydrogen-bond donors (Lipinski definition) is 0. The summed E-state index contributed by atoms with van der Waals surface area (Å²) in [7, 11) is 3.34. The molecule has 1 heterocycles. The van der Waals surface area contributed by atoms with Gasteiger partial charge < -0.3 is 14.4 Å². The molecular formula is C16H25ClN2O2. The lowest BCUT2D eigenvalue weighted by Crippen LogP contribution is -2.31. The van der Waals surface area contributed by atoms with Crippen molar-refractivity contribution in [3.05, 3.63) is 23.8 Å². The molecule has 1 fully saturated rings. The number of alkyl halides is 1. The van der Waals surface area contributed by atoms with Crippen LogP contribution in [0.3, 0.4) is 0 Å². The number of nitrogens with zero attached hydrogens (tertiary/aromatic N) is 2. The Kier molecular flexibility index (Phi) is 6.61. The van der Waals surface area contributed by atoms with Gasteiger partial charge in [0.2, 0.25) is 0 Å². The van der Waals surface area contributed by atoms with E-state index in [1.807, 2.05) is 6.07 Å². The van der Waals surface area contributed by atoms with Gasteiger partial charge in [-0.1, -0.05) is 6.07 Å². The Balaban J connectivity index is 1.95. The minimum absolute atomic E-state index is 0.718. The van der Waals surface area contributed by atoms with Gasteiger partial charge in [-0.25, -0.2) is 0 Å². The van der Waals surface area contributed by atoms with Crippen molar-refractivity contribution in [3.8, 4) is 11.5 Å². The monoisotopic (exact) mass is 312 g/mol. The van der Waals surface area contributed by atoms with Gasteiger partial charge in [-0.3, -0.25) is 4.90 Å². The molecule has 0 atom stereocenters. The first-order chi connectivity index (χ1) is 10.3. The van der Waals surface area contributed by atoms with Gasteiger partial charge in [0.25, 0.3) is 0 Å². The van der Waals surface area contributed by atoms with E-state index < -0.39 is 0 Å². The second-order valence-electron chi connectivity index (χ2n) is 5.35. The lowest BCUT2D eigenvalue weighted by atomic mass is 10.2. The maximum Gasteiger partial charge on any atom is 0.161 e. The van der Waals surface area contributed by atoms with Gasteiger partial charge in [-0.05, 0) is 37.2 Å². The molecule has 0 spiro atoms. The van der Waals surface area contributed by atoms with Crippen LogP contribution in [0, 0.1) is 0 Å². The molecule has 21 heavy (non-hydrogen) atoms. The van der Waals surface area contributed by atoms with Crippen LogP contribution >= 0.6 is 11.6 Å². The Morgan fingerprint density at radius 1 is 1.00 bits per heavy atom. The minimum atomic E-state index is 0.718. The third-order valence-corrected chi connectivity index (χ3v) is 4.11. The average Bonchev–Trinajstić information content (AvgIpc) is 2.73. The van der Waals surface area contributed by atoms with Gasteiger partial charge in [0.15, 0.2) is 11.5 Å². The van der Waals surface area contributed by atoms with E-state index in [2.05, 4.69) is 21.9 Å². The summed E-state index contributed by atoms with van der Waals surface area (Å²) in [5, 5.41) is 0. The summed E-state index contributed by atoms with van der Waals surface area (Å²) >= 11 is 5.84. The molecular weight excluding hydrogens is 288 g/mol. The summed E-state index contributed by atoms with van der Waals surface area (Å²) in [6.07, 6.45) is 1.20. The first kappa shape index (κ1) is 16.4. The van der Waals surface area contributed by atoms with Crippen molar-refractivity contribution in [3.63, 3.8) is 0 Å². The summed E-state index contributed by atoms with van der Waals surface area (Å²) in [4.78, 5) is 4.94. The van der Waals surface area contributed by atoms with Gasteiger partial charge >= 0.3 is 0 Å². The maximum absolute atomic E-state index is 5.84. The highest BCUT2D eigenvalue weighted by atomic mass is 35.5. The molecule has 0 unspecified atom stereocenters. The third-order valence-electron chi connectivity index (χ3n) is 3.94. The molecule has 0 amide bonds. The van der Waals surface area contributed by atoms with Crippen LogP contribution in [-0.2, 0) is 6.54 Å². The Morgan fingerprint density at radius 2 is 1.71 bits per heavy atom. The van der Waals surface area contributed by atoms with Crippen LogP contribution in [-0.4, -0.2) is 62.6 Å². The number of ether oxygens (including phenoxy) is 2. The number of hydrogen-bond acceptors (Lipinski definition) is 4. The van der Waals surface area contributed by atoms with Crippen molar-refractivity contribution >= 4 is 11.6 Å². The number of rotatable bonds is 6. The van der Waals surface area contributed by atoms with Crippen LogP contribution < -0.4 is 9.47 Å². The molecule has 1 aliphatic heterocycles. The highest BCUT2D eigenvalue weighted by Crippen LogP contribution is 2.28. The zero-order chi connectivity index (χ0) is 15.1. The predicted molar refractivity (Wildman–Crippen MR) is 86.6 cm³/mol. The van der Waals surface area contributed by atoms with E-state index in [4.69, 9.17) is 21.1 Å². The predicted octanol–water partition coefficient (Wildman–Crippen LogP) is 2.45. The molecule has 118 valence electrons. The quantitative estimate of drug-likeness (QED) is 0.753. The van der Waals surface area contributed by atoms with E-state index in [0.29, 0.717) is 0 Å². The first-order valence-corrected chi connectivity index (χ1v) is 8.02. The Hall–Kier alpha value is -0.970. The van der Waals surface area contributed by atoms with E-state index in [-0.39, 0.29) is 0 Å². The van der Waals surface area contributed by atoms with Crippen molar-refractivity contribution in [1.29, 1.82) is 0 Å². The van der Waals surface area contributed by atoms with Crippen molar-refractivity contribution in [2.24, 2.45) is 0 Å². The lowest BCUT2D eigenvalue weighted by Gasteiger charge is -2.21. The largest absolute Gasteiger partial charge is 0.493 e. The standard InChI is InChI=1S/C16H25ClN2O2/c1-20-15-5-4-14(12-16(15)21-2)13-19-8-3-7-18(9-6-17)10-11-19/h4-5,12H,3,6-11,13H2,1-2H3. The summed E-state index contributed by atoms with van der Waals surface area (Å²) in [6.45, 7) is 6.41. The van der Waals surface area contributed by atoms with E-state index in [1.54, 1.807) is 14.2 Å². The van der Waals surface area contributed by atoms with Gasteiger partial charge in [0.1, 0.15) is 0 Å². The Bertz CT molecular complexity index is 442. The smallest absolute Gasteiger partial charge is 0.161 e. The number of benzene rings is 1. The van der Waals surface area contributed by atoms with Crippen LogP contribution in [0.4, 0.5) is 0 Å². The van der Waals surface area contributed by atoms with Crippen LogP contribution in [0.5, 0.6) is 11.5 Å². The molecule has 0 saturated carbocycles. The second-order valence-corrected chi connectivity index (χ2v) is 5.73. The molecule has 1 aliphatic rings. The molecule has 0 aromatic heterocycles. The number of halogens is 1. The molecule has 1 aromatic carbocycles. The highest BCUT2D eigenvalue weighted by Gasteiger charge is 2.15. The lowest BCUT2D eigenvalue weighted by molar-refractivity contribution is 0.257. The van der Waals surface area contributed by atoms with Crippen molar-refractivity contribution in [2.75, 3.05) is 52.8 Å². The van der Waals surface area contributed by atoms with E-state index in [0.717, 1.165) is 56.6 Å². The van der Waals surface area contributed by atoms with Crippen LogP contribution in [0.1, 0.15) is 12.0 Å². The van der Waals surface area contributed by atoms with Gasteiger partial charge in [0, 0.05) is 32.1 Å². The van der Waals surface area contributed by atoms with Crippen molar-refractivity contribution < 1.29 is 9.47 Å². The second kappa shape index (κ2) is 8.47. The summed E-state index contributed by atoms with van der Waals surface area (Å²) in [6, 6.07) is 6.16. The van der Waals surface area contributed by atoms with E-state index in [1.165, 1.54) is 12.0 Å². The molecule has 4 nitrogen and oxygen atoms in total. The van der Waals surface area contributed by atoms with Crippen molar-refractivity contribution in [2.45, 2.75) is 13.0 Å². The highest BCUT2D eigenvalue weighted by molar-refractivity contribution is 6.18. The normalized spacial score (nSPS) is 17.5. The summed E-state index contributed by atoms with van der Waals surface area (Å²) in [5.74, 6) is 2.30. The fourth-order valence-corrected chi connectivity index (χ4v) is 3.00. The summed E-state index contributed by atoms with van der Waals surface area (Å²) < 4.78 is 10.7. The van der Waals surface area contributed by atoms with Gasteiger partial charge in [0.05, 0.1) is 14.2 Å². The third kappa shape index (κ3) is 4.77. The molecule has 2 rings (SSSR count). The molecule has 1 aromatic rings. The molecule has 0 N–H and O–H groups in total. The fourth-order valence-electron chi connectivity index (χ4n) is 2.76. The van der Waals surface area contributed by atoms with Gasteiger partial charge in [-0.2, -0.15) is 0 Å². The maximum atomic E-state index is 5.84.